The normalized spacial score (nSPS) is 21.8. The summed E-state index contributed by atoms with van der Waals surface area (Å²) in [6.07, 6.45) is 3.46. The van der Waals surface area contributed by atoms with Gasteiger partial charge in [-0.05, 0) is 50.4 Å². The van der Waals surface area contributed by atoms with Crippen LogP contribution in [0, 0.1) is 5.92 Å². The Bertz CT molecular complexity index is 512. The molecular weight excluding hydrogens is 318 g/mol. The van der Waals surface area contributed by atoms with Crippen molar-refractivity contribution in [2.24, 2.45) is 5.92 Å². The van der Waals surface area contributed by atoms with Crippen molar-refractivity contribution in [1.82, 2.24) is 15.5 Å². The molecule has 1 aromatic rings. The Morgan fingerprint density at radius 3 is 2.68 bits per heavy atom. The average Bonchev–Trinajstić information content (AvgIpc) is 3.20. The molecule has 0 aromatic heterocycles. The summed E-state index contributed by atoms with van der Waals surface area (Å²) in [6.45, 7) is 5.75. The molecule has 1 aromatic carbocycles. The molecule has 6 heteroatoms. The number of hydrogen-bond donors (Lipinski definition) is 2. The third kappa shape index (κ3) is 5.90. The van der Waals surface area contributed by atoms with Gasteiger partial charge in [0.15, 0.2) is 0 Å². The number of nitrogens with one attached hydrogen (secondary N) is 2. The minimum absolute atomic E-state index is 0.108. The second-order valence-electron chi connectivity index (χ2n) is 6.80. The Kier molecular flexibility index (Phi) is 6.94. The molecule has 2 amide bonds. The van der Waals surface area contributed by atoms with Gasteiger partial charge in [-0.1, -0.05) is 18.2 Å². The maximum absolute atomic E-state index is 11.9. The summed E-state index contributed by atoms with van der Waals surface area (Å²) in [5.74, 6) is 1.40. The van der Waals surface area contributed by atoms with E-state index in [1.165, 1.54) is 0 Å². The summed E-state index contributed by atoms with van der Waals surface area (Å²) < 4.78 is 11.0. The van der Waals surface area contributed by atoms with Gasteiger partial charge in [-0.3, -0.25) is 4.90 Å². The molecule has 0 aliphatic carbocycles. The number of urea groups is 1. The first-order valence-electron chi connectivity index (χ1n) is 9.32. The van der Waals surface area contributed by atoms with Gasteiger partial charge < -0.3 is 20.1 Å². The maximum Gasteiger partial charge on any atom is 0.314 e. The predicted octanol–water partition coefficient (Wildman–Crippen LogP) is 1.87. The summed E-state index contributed by atoms with van der Waals surface area (Å²) in [5.41, 5.74) is 0. The van der Waals surface area contributed by atoms with Gasteiger partial charge in [-0.2, -0.15) is 0 Å². The van der Waals surface area contributed by atoms with Crippen LogP contribution in [0.5, 0.6) is 5.75 Å². The Balaban J connectivity index is 1.23. The number of benzene rings is 1. The number of para-hydroxylation sites is 1. The van der Waals surface area contributed by atoms with Crippen LogP contribution in [-0.4, -0.2) is 63.0 Å². The summed E-state index contributed by atoms with van der Waals surface area (Å²) in [7, 11) is 0. The number of likely N-dealkylation sites (tertiary alicyclic amines) is 1. The van der Waals surface area contributed by atoms with Crippen LogP contribution >= 0.6 is 0 Å². The molecule has 2 fully saturated rings. The molecule has 25 heavy (non-hydrogen) atoms. The van der Waals surface area contributed by atoms with Crippen LogP contribution in [0.3, 0.4) is 0 Å². The fourth-order valence-corrected chi connectivity index (χ4v) is 3.48. The average molecular weight is 347 g/mol. The van der Waals surface area contributed by atoms with Crippen molar-refractivity contribution in [2.75, 3.05) is 46.0 Å². The van der Waals surface area contributed by atoms with Crippen LogP contribution in [-0.2, 0) is 4.74 Å². The van der Waals surface area contributed by atoms with Gasteiger partial charge in [0.05, 0.1) is 13.2 Å². The lowest BCUT2D eigenvalue weighted by Gasteiger charge is -2.35. The van der Waals surface area contributed by atoms with Gasteiger partial charge in [0.25, 0.3) is 0 Å². The minimum Gasteiger partial charge on any atom is -0.492 e. The molecule has 0 unspecified atom stereocenters. The van der Waals surface area contributed by atoms with E-state index in [0.29, 0.717) is 25.1 Å². The molecule has 0 saturated carbocycles. The number of rotatable bonds is 7. The van der Waals surface area contributed by atoms with E-state index >= 15 is 0 Å². The molecule has 0 spiro atoms. The molecule has 138 valence electrons. The second kappa shape index (κ2) is 9.63. The smallest absolute Gasteiger partial charge is 0.314 e. The minimum atomic E-state index is -0.108. The number of carbonyl (C=O) groups is 1. The van der Waals surface area contributed by atoms with Crippen molar-refractivity contribution >= 4 is 6.03 Å². The molecule has 2 N–H and O–H groups in total. The molecule has 2 saturated heterocycles. The molecule has 3 rings (SSSR count). The van der Waals surface area contributed by atoms with Crippen molar-refractivity contribution in [2.45, 2.75) is 25.3 Å². The number of amides is 2. The highest BCUT2D eigenvalue weighted by Gasteiger charge is 2.27. The maximum atomic E-state index is 11.9. The molecule has 2 aliphatic heterocycles. The van der Waals surface area contributed by atoms with Gasteiger partial charge in [0.2, 0.25) is 0 Å². The molecule has 2 heterocycles. The van der Waals surface area contributed by atoms with Crippen LogP contribution in [0.15, 0.2) is 30.3 Å². The second-order valence-corrected chi connectivity index (χ2v) is 6.80. The van der Waals surface area contributed by atoms with E-state index in [4.69, 9.17) is 9.47 Å². The van der Waals surface area contributed by atoms with Crippen molar-refractivity contribution in [3.8, 4) is 5.75 Å². The van der Waals surface area contributed by atoms with E-state index in [1.54, 1.807) is 0 Å². The Labute approximate surface area is 149 Å². The molecule has 2 aliphatic rings. The van der Waals surface area contributed by atoms with Gasteiger partial charge >= 0.3 is 6.03 Å². The van der Waals surface area contributed by atoms with Gasteiger partial charge in [-0.15, -0.1) is 0 Å². The van der Waals surface area contributed by atoms with Gasteiger partial charge in [-0.25, -0.2) is 4.79 Å². The summed E-state index contributed by atoms with van der Waals surface area (Å²) in [4.78, 5) is 14.4. The van der Waals surface area contributed by atoms with Crippen LogP contribution in [0.1, 0.15) is 19.3 Å². The fraction of sp³-hybridized carbons (Fsp3) is 0.632. The predicted molar refractivity (Wildman–Crippen MR) is 96.9 cm³/mol. The fourth-order valence-electron chi connectivity index (χ4n) is 3.48. The highest BCUT2D eigenvalue weighted by molar-refractivity contribution is 5.73. The van der Waals surface area contributed by atoms with Crippen LogP contribution in [0.25, 0.3) is 0 Å². The monoisotopic (exact) mass is 347 g/mol. The largest absolute Gasteiger partial charge is 0.492 e. The number of hydrogen-bond acceptors (Lipinski definition) is 4. The molecule has 0 radical (unpaired) electrons. The quantitative estimate of drug-likeness (QED) is 0.739. The highest BCUT2D eigenvalue weighted by Crippen LogP contribution is 2.21. The molecule has 6 nitrogen and oxygen atoms in total. The number of piperidine rings is 1. The van der Waals surface area contributed by atoms with Crippen molar-refractivity contribution in [3.05, 3.63) is 30.3 Å². The highest BCUT2D eigenvalue weighted by atomic mass is 16.5. The zero-order valence-electron chi connectivity index (χ0n) is 14.8. The third-order valence-electron chi connectivity index (χ3n) is 5.02. The van der Waals surface area contributed by atoms with Crippen LogP contribution in [0.4, 0.5) is 4.79 Å². The molecular formula is C19H29N3O3. The molecule has 1 atom stereocenters. The standard InChI is InChI=1S/C19H29N3O3/c23-19(20-9-13-25-18-4-2-1-3-5-18)21-14-16-6-10-22(11-7-16)17-8-12-24-15-17/h1-5,16-17H,6-15H2,(H2,20,21,23)/t17-/m1/s1. The van der Waals surface area contributed by atoms with E-state index in [1.807, 2.05) is 30.3 Å². The number of ether oxygens (including phenoxy) is 2. The van der Waals surface area contributed by atoms with E-state index < -0.39 is 0 Å². The number of carbonyl (C=O) groups excluding carboxylic acids is 1. The first-order valence-corrected chi connectivity index (χ1v) is 9.32. The summed E-state index contributed by atoms with van der Waals surface area (Å²) in [5, 5.41) is 5.83. The Hall–Kier alpha value is -1.79. The first-order chi connectivity index (χ1) is 12.3. The van der Waals surface area contributed by atoms with E-state index in [2.05, 4.69) is 15.5 Å². The zero-order chi connectivity index (χ0) is 17.3. The Morgan fingerprint density at radius 2 is 1.96 bits per heavy atom. The van der Waals surface area contributed by atoms with Crippen LogP contribution < -0.4 is 15.4 Å². The van der Waals surface area contributed by atoms with Crippen molar-refractivity contribution in [3.63, 3.8) is 0 Å². The molecule has 0 bridgehead atoms. The van der Waals surface area contributed by atoms with E-state index in [-0.39, 0.29) is 6.03 Å². The summed E-state index contributed by atoms with van der Waals surface area (Å²) >= 11 is 0. The first kappa shape index (κ1) is 18.0. The third-order valence-corrected chi connectivity index (χ3v) is 5.02. The van der Waals surface area contributed by atoms with Crippen molar-refractivity contribution in [1.29, 1.82) is 0 Å². The topological polar surface area (TPSA) is 62.8 Å². The van der Waals surface area contributed by atoms with Crippen molar-refractivity contribution < 1.29 is 14.3 Å². The number of nitrogens with zero attached hydrogens (tertiary/aromatic N) is 1. The summed E-state index contributed by atoms with van der Waals surface area (Å²) in [6, 6.07) is 10.1. The van der Waals surface area contributed by atoms with Gasteiger partial charge in [0, 0.05) is 19.2 Å². The lowest BCUT2D eigenvalue weighted by atomic mass is 9.95. The van der Waals surface area contributed by atoms with Gasteiger partial charge in [0.1, 0.15) is 12.4 Å². The zero-order valence-corrected chi connectivity index (χ0v) is 14.8. The van der Waals surface area contributed by atoms with E-state index in [9.17, 15) is 4.79 Å². The SMILES string of the molecule is O=C(NCCOc1ccccc1)NCC1CCN([C@@H]2CCOC2)CC1. The van der Waals surface area contributed by atoms with Crippen LogP contribution in [0.2, 0.25) is 0 Å². The Morgan fingerprint density at radius 1 is 1.16 bits per heavy atom. The lowest BCUT2D eigenvalue weighted by molar-refractivity contribution is 0.110. The lowest BCUT2D eigenvalue weighted by Crippen LogP contribution is -2.45. The van der Waals surface area contributed by atoms with E-state index in [0.717, 1.165) is 57.9 Å².